The lowest BCUT2D eigenvalue weighted by molar-refractivity contribution is -0.113. The van der Waals surface area contributed by atoms with Crippen LogP contribution in [0.2, 0.25) is 10.0 Å². The van der Waals surface area contributed by atoms with E-state index >= 15 is 0 Å². The van der Waals surface area contributed by atoms with Crippen LogP contribution < -0.4 is 9.64 Å². The highest BCUT2D eigenvalue weighted by atomic mass is 35.5. The fourth-order valence-electron chi connectivity index (χ4n) is 3.14. The predicted octanol–water partition coefficient (Wildman–Crippen LogP) is 6.68. The molecular weight excluding hydrogens is 501 g/mol. The fourth-order valence-corrected chi connectivity index (χ4v) is 4.89. The number of halogens is 2. The van der Waals surface area contributed by atoms with Crippen molar-refractivity contribution in [1.29, 1.82) is 0 Å². The summed E-state index contributed by atoms with van der Waals surface area (Å²) in [7, 11) is 0. The first-order valence-electron chi connectivity index (χ1n) is 9.60. The molecule has 0 saturated carbocycles. The third kappa shape index (κ3) is 5.23. The predicted molar refractivity (Wildman–Crippen MR) is 136 cm³/mol. The molecule has 0 aliphatic carbocycles. The second-order valence-corrected chi connectivity index (χ2v) is 9.45. The Kier molecular flexibility index (Phi) is 7.05. The van der Waals surface area contributed by atoms with Crippen molar-refractivity contribution in [3.8, 4) is 5.75 Å². The number of aromatic carboxylic acids is 1. The Morgan fingerprint density at radius 1 is 1.09 bits per heavy atom. The van der Waals surface area contributed by atoms with Crippen molar-refractivity contribution in [3.05, 3.63) is 98.4 Å². The van der Waals surface area contributed by atoms with Crippen molar-refractivity contribution >= 4 is 75.1 Å². The van der Waals surface area contributed by atoms with Crippen molar-refractivity contribution in [2.45, 2.75) is 6.61 Å². The van der Waals surface area contributed by atoms with Gasteiger partial charge in [0, 0.05) is 21.2 Å². The first-order valence-corrected chi connectivity index (χ1v) is 11.6. The van der Waals surface area contributed by atoms with Crippen molar-refractivity contribution in [3.63, 3.8) is 0 Å². The normalized spacial score (nSPS) is 14.7. The van der Waals surface area contributed by atoms with Crippen molar-refractivity contribution < 1.29 is 19.4 Å². The Hall–Kier alpha value is -2.84. The molecule has 9 heteroatoms. The van der Waals surface area contributed by atoms with Gasteiger partial charge in [-0.2, -0.15) is 0 Å². The number of benzene rings is 3. The van der Waals surface area contributed by atoms with Crippen LogP contribution in [-0.4, -0.2) is 21.3 Å². The average molecular weight is 516 g/mol. The minimum atomic E-state index is -1.08. The van der Waals surface area contributed by atoms with Gasteiger partial charge in [-0.25, -0.2) is 4.79 Å². The number of amides is 1. The first-order chi connectivity index (χ1) is 15.8. The number of hydrogen-bond donors (Lipinski definition) is 1. The zero-order valence-corrected chi connectivity index (χ0v) is 20.0. The van der Waals surface area contributed by atoms with Crippen LogP contribution in [0.1, 0.15) is 21.5 Å². The lowest BCUT2D eigenvalue weighted by Gasteiger charge is -2.15. The van der Waals surface area contributed by atoms with E-state index in [0.29, 0.717) is 36.3 Å². The van der Waals surface area contributed by atoms with E-state index in [4.69, 9.17) is 40.2 Å². The third-order valence-corrected chi connectivity index (χ3v) is 6.64. The van der Waals surface area contributed by atoms with Gasteiger partial charge < -0.3 is 9.84 Å². The van der Waals surface area contributed by atoms with E-state index in [1.165, 1.54) is 17.0 Å². The number of hydrogen-bond acceptors (Lipinski definition) is 5. The molecule has 0 atom stereocenters. The largest absolute Gasteiger partial charge is 0.488 e. The van der Waals surface area contributed by atoms with Crippen molar-refractivity contribution in [1.82, 2.24) is 0 Å². The standard InChI is InChI=1S/C24H15Cl2NO4S2/c25-17-9-8-16(19(26)12-17)13-31-20-7-2-1-4-14(20)11-21-22(28)27(24(32)33-21)18-6-3-5-15(10-18)23(29)30/h1-12H,13H2,(H,29,30)/b21-11+. The zero-order valence-electron chi connectivity index (χ0n) is 16.8. The maximum Gasteiger partial charge on any atom is 0.335 e. The van der Waals surface area contributed by atoms with Crippen LogP contribution in [0, 0.1) is 0 Å². The topological polar surface area (TPSA) is 66.8 Å². The summed E-state index contributed by atoms with van der Waals surface area (Å²) in [5, 5.41) is 10.3. The molecule has 1 saturated heterocycles. The van der Waals surface area contributed by atoms with Gasteiger partial charge in [0.15, 0.2) is 4.32 Å². The molecule has 1 N–H and O–H groups in total. The van der Waals surface area contributed by atoms with Gasteiger partial charge in [-0.05, 0) is 42.5 Å². The summed E-state index contributed by atoms with van der Waals surface area (Å²) in [4.78, 5) is 26.1. The molecule has 33 heavy (non-hydrogen) atoms. The molecule has 1 amide bonds. The van der Waals surface area contributed by atoms with Gasteiger partial charge in [-0.15, -0.1) is 0 Å². The Morgan fingerprint density at radius 2 is 1.88 bits per heavy atom. The molecule has 0 radical (unpaired) electrons. The second-order valence-electron chi connectivity index (χ2n) is 6.93. The number of carboxylic acids is 1. The summed E-state index contributed by atoms with van der Waals surface area (Å²) in [6.45, 7) is 0.226. The molecular formula is C24H15Cl2NO4S2. The lowest BCUT2D eigenvalue weighted by atomic mass is 10.1. The second kappa shape index (κ2) is 9.97. The molecule has 0 spiro atoms. The Balaban J connectivity index is 1.58. The summed E-state index contributed by atoms with van der Waals surface area (Å²) >= 11 is 18.7. The molecule has 3 aromatic carbocycles. The van der Waals surface area contributed by atoms with E-state index in [1.54, 1.807) is 42.5 Å². The van der Waals surface area contributed by atoms with Gasteiger partial charge in [0.2, 0.25) is 0 Å². The fraction of sp³-hybridized carbons (Fsp3) is 0.0417. The lowest BCUT2D eigenvalue weighted by Crippen LogP contribution is -2.27. The summed E-state index contributed by atoms with van der Waals surface area (Å²) in [5.41, 5.74) is 1.95. The maximum absolute atomic E-state index is 13.1. The Morgan fingerprint density at radius 3 is 2.64 bits per heavy atom. The van der Waals surface area contributed by atoms with E-state index in [-0.39, 0.29) is 18.1 Å². The molecule has 3 aromatic rings. The van der Waals surface area contributed by atoms with Crippen LogP contribution >= 0.6 is 47.2 Å². The number of thiocarbonyl (C=S) groups is 1. The van der Waals surface area contributed by atoms with Crippen LogP contribution in [0.3, 0.4) is 0 Å². The Labute approximate surface area is 209 Å². The average Bonchev–Trinajstić information content (AvgIpc) is 3.07. The zero-order chi connectivity index (χ0) is 23.5. The van der Waals surface area contributed by atoms with Gasteiger partial charge in [0.1, 0.15) is 12.4 Å². The quantitative estimate of drug-likeness (QED) is 0.291. The molecule has 0 bridgehead atoms. The molecule has 0 aromatic heterocycles. The molecule has 0 unspecified atom stereocenters. The first kappa shape index (κ1) is 23.3. The van der Waals surface area contributed by atoms with Crippen molar-refractivity contribution in [2.75, 3.05) is 4.90 Å². The van der Waals surface area contributed by atoms with Crippen LogP contribution in [0.15, 0.2) is 71.6 Å². The van der Waals surface area contributed by atoms with Gasteiger partial charge >= 0.3 is 5.97 Å². The van der Waals surface area contributed by atoms with E-state index in [1.807, 2.05) is 18.2 Å². The maximum atomic E-state index is 13.1. The number of carbonyl (C=O) groups is 2. The highest BCUT2D eigenvalue weighted by Gasteiger charge is 2.33. The van der Waals surface area contributed by atoms with Crippen LogP contribution in [-0.2, 0) is 11.4 Å². The van der Waals surface area contributed by atoms with Gasteiger partial charge in [0.05, 0.1) is 16.2 Å². The summed E-state index contributed by atoms with van der Waals surface area (Å²) in [6, 6.07) is 18.6. The summed E-state index contributed by atoms with van der Waals surface area (Å²) in [5.74, 6) is -0.838. The van der Waals surface area contributed by atoms with Crippen LogP contribution in [0.4, 0.5) is 5.69 Å². The highest BCUT2D eigenvalue weighted by Crippen LogP contribution is 2.37. The number of carboxylic acid groups (broad SMARTS) is 1. The summed E-state index contributed by atoms with van der Waals surface area (Å²) in [6.07, 6.45) is 1.71. The van der Waals surface area contributed by atoms with Crippen LogP contribution in [0.5, 0.6) is 5.75 Å². The number of thioether (sulfide) groups is 1. The van der Waals surface area contributed by atoms with Crippen LogP contribution in [0.25, 0.3) is 6.08 Å². The smallest absolute Gasteiger partial charge is 0.335 e. The molecule has 1 heterocycles. The SMILES string of the molecule is O=C(O)c1cccc(N2C(=O)/C(=C\c3ccccc3OCc3ccc(Cl)cc3Cl)SC2=S)c1. The van der Waals surface area contributed by atoms with Gasteiger partial charge in [-0.3, -0.25) is 9.69 Å². The third-order valence-electron chi connectivity index (χ3n) is 4.75. The van der Waals surface area contributed by atoms with E-state index in [9.17, 15) is 14.7 Å². The highest BCUT2D eigenvalue weighted by molar-refractivity contribution is 8.27. The van der Waals surface area contributed by atoms with E-state index in [0.717, 1.165) is 17.3 Å². The molecule has 1 aliphatic heterocycles. The molecule has 4 rings (SSSR count). The van der Waals surface area contributed by atoms with Gasteiger partial charge in [0.25, 0.3) is 5.91 Å². The molecule has 1 aliphatic rings. The van der Waals surface area contributed by atoms with E-state index < -0.39 is 5.97 Å². The number of rotatable bonds is 6. The number of anilines is 1. The molecule has 166 valence electrons. The number of para-hydroxylation sites is 1. The Bertz CT molecular complexity index is 1310. The number of ether oxygens (including phenoxy) is 1. The minimum absolute atomic E-state index is 0.0742. The number of carbonyl (C=O) groups excluding carboxylic acids is 1. The molecule has 5 nitrogen and oxygen atoms in total. The number of nitrogens with zero attached hydrogens (tertiary/aromatic N) is 1. The molecule has 1 fully saturated rings. The monoisotopic (exact) mass is 515 g/mol. The van der Waals surface area contributed by atoms with Gasteiger partial charge in [-0.1, -0.05) is 77.5 Å². The van der Waals surface area contributed by atoms with E-state index in [2.05, 4.69) is 0 Å². The minimum Gasteiger partial charge on any atom is -0.488 e. The summed E-state index contributed by atoms with van der Waals surface area (Å²) < 4.78 is 6.29. The van der Waals surface area contributed by atoms with Crippen molar-refractivity contribution in [2.24, 2.45) is 0 Å².